The zero-order valence-electron chi connectivity index (χ0n) is 24.2. The van der Waals surface area contributed by atoms with Crippen molar-refractivity contribution in [2.24, 2.45) is 5.73 Å². The van der Waals surface area contributed by atoms with E-state index in [1.54, 1.807) is 6.20 Å². The summed E-state index contributed by atoms with van der Waals surface area (Å²) in [6.45, 7) is 2.48. The summed E-state index contributed by atoms with van der Waals surface area (Å²) < 4.78 is 11.4. The van der Waals surface area contributed by atoms with Gasteiger partial charge >= 0.3 is 0 Å². The summed E-state index contributed by atoms with van der Waals surface area (Å²) in [6.07, 6.45) is 4.78. The maximum atomic E-state index is 13.9. The van der Waals surface area contributed by atoms with E-state index in [0.29, 0.717) is 30.2 Å². The molecule has 0 spiro atoms. The average Bonchev–Trinajstić information content (AvgIpc) is 3.54. The van der Waals surface area contributed by atoms with Crippen LogP contribution in [0.1, 0.15) is 23.7 Å². The highest BCUT2D eigenvalue weighted by atomic mass is 16.5. The first-order valence-electron chi connectivity index (χ1n) is 14.3. The van der Waals surface area contributed by atoms with Crippen LogP contribution in [-0.2, 0) is 27.3 Å². The number of hydrogen-bond donors (Lipinski definition) is 4. The predicted octanol–water partition coefficient (Wildman–Crippen LogP) is 3.16. The molecule has 1 fully saturated rings. The number of aromatic amines is 1. The Morgan fingerprint density at radius 3 is 2.34 bits per heavy atom. The van der Waals surface area contributed by atoms with Gasteiger partial charge < -0.3 is 35.7 Å². The standard InChI is InChI=1S/C33H34N6O5/c1-2-43-25-12-8-22(9-13-25)16-29-33(42)39(20-23-10-14-27(15-11-23)44-26-6-4-3-5-7-26)30(32(41)38-29)19-36-31(40)28(34)17-24-18-35-21-37-24/h3-15,17-18,21,29-30H,2,16,19-20,34H2,1H3,(H,35,37)(H,36,40)(H,38,41)/b28-17-/t29-,30-/m0/s1. The van der Waals surface area contributed by atoms with Gasteiger partial charge in [-0.25, -0.2) is 4.98 Å². The van der Waals surface area contributed by atoms with E-state index in [1.165, 1.54) is 17.3 Å². The van der Waals surface area contributed by atoms with E-state index in [-0.39, 0.29) is 30.6 Å². The molecule has 0 radical (unpaired) electrons. The Labute approximate surface area is 255 Å². The molecule has 1 aliphatic heterocycles. The topological polar surface area (TPSA) is 152 Å². The van der Waals surface area contributed by atoms with Gasteiger partial charge in [0.2, 0.25) is 11.8 Å². The average molecular weight is 595 g/mol. The van der Waals surface area contributed by atoms with E-state index in [2.05, 4.69) is 20.6 Å². The molecule has 0 bridgehead atoms. The molecule has 3 aromatic carbocycles. The maximum absolute atomic E-state index is 13.9. The number of piperazine rings is 1. The summed E-state index contributed by atoms with van der Waals surface area (Å²) in [6, 6.07) is 22.4. The SMILES string of the molecule is CCOc1ccc(C[C@@H]2NC(=O)[C@H](CNC(=O)/C(N)=C/c3c[nH]cn3)N(Cc3ccc(Oc4ccccc4)cc3)C2=O)cc1. The second kappa shape index (κ2) is 14.1. The van der Waals surface area contributed by atoms with E-state index in [9.17, 15) is 14.4 Å². The first kappa shape index (κ1) is 29.9. The Kier molecular flexibility index (Phi) is 9.55. The van der Waals surface area contributed by atoms with E-state index in [0.717, 1.165) is 16.9 Å². The lowest BCUT2D eigenvalue weighted by Gasteiger charge is -2.39. The van der Waals surface area contributed by atoms with Gasteiger partial charge in [0.25, 0.3) is 5.91 Å². The minimum absolute atomic E-state index is 0.0754. The van der Waals surface area contributed by atoms with E-state index in [4.69, 9.17) is 15.2 Å². The fourth-order valence-electron chi connectivity index (χ4n) is 4.83. The lowest BCUT2D eigenvalue weighted by atomic mass is 9.99. The minimum Gasteiger partial charge on any atom is -0.494 e. The Balaban J connectivity index is 1.32. The van der Waals surface area contributed by atoms with Crippen molar-refractivity contribution in [3.05, 3.63) is 114 Å². The molecule has 0 unspecified atom stereocenters. The summed E-state index contributed by atoms with van der Waals surface area (Å²) in [5.41, 5.74) is 8.02. The summed E-state index contributed by atoms with van der Waals surface area (Å²) in [4.78, 5) is 48.3. The molecular formula is C33H34N6O5. The van der Waals surface area contributed by atoms with Crippen molar-refractivity contribution in [2.45, 2.75) is 32.0 Å². The minimum atomic E-state index is -0.957. The van der Waals surface area contributed by atoms with Gasteiger partial charge in [0.05, 0.1) is 24.3 Å². The van der Waals surface area contributed by atoms with Gasteiger partial charge in [-0.1, -0.05) is 42.5 Å². The molecule has 3 amide bonds. The van der Waals surface area contributed by atoms with Crippen molar-refractivity contribution in [3.63, 3.8) is 0 Å². The van der Waals surface area contributed by atoms with Gasteiger partial charge in [0, 0.05) is 25.7 Å². The third-order valence-electron chi connectivity index (χ3n) is 7.05. The number of aromatic nitrogens is 2. The normalized spacial score (nSPS) is 16.8. The van der Waals surface area contributed by atoms with Crippen molar-refractivity contribution >= 4 is 23.8 Å². The highest BCUT2D eigenvalue weighted by Crippen LogP contribution is 2.23. The smallest absolute Gasteiger partial charge is 0.267 e. The third kappa shape index (κ3) is 7.62. The van der Waals surface area contributed by atoms with Crippen LogP contribution in [0.15, 0.2) is 97.1 Å². The summed E-state index contributed by atoms with van der Waals surface area (Å²) in [5.74, 6) is 0.859. The first-order chi connectivity index (χ1) is 21.4. The quantitative estimate of drug-likeness (QED) is 0.184. The number of imidazole rings is 1. The van der Waals surface area contributed by atoms with E-state index >= 15 is 0 Å². The zero-order chi connectivity index (χ0) is 30.9. The molecule has 1 saturated heterocycles. The predicted molar refractivity (Wildman–Crippen MR) is 164 cm³/mol. The van der Waals surface area contributed by atoms with Crippen LogP contribution < -0.4 is 25.8 Å². The molecule has 5 rings (SSSR count). The number of benzene rings is 3. The molecule has 0 saturated carbocycles. The monoisotopic (exact) mass is 594 g/mol. The second-order valence-corrected chi connectivity index (χ2v) is 10.2. The van der Waals surface area contributed by atoms with E-state index < -0.39 is 18.0 Å². The third-order valence-corrected chi connectivity index (χ3v) is 7.05. The van der Waals surface area contributed by atoms with Crippen molar-refractivity contribution in [1.82, 2.24) is 25.5 Å². The number of nitrogens with two attached hydrogens (primary N) is 1. The number of carbonyl (C=O) groups excluding carboxylic acids is 3. The van der Waals surface area contributed by atoms with Crippen LogP contribution in [0.5, 0.6) is 17.2 Å². The molecule has 44 heavy (non-hydrogen) atoms. The van der Waals surface area contributed by atoms with Crippen LogP contribution in [-0.4, -0.2) is 57.8 Å². The number of amides is 3. The van der Waals surface area contributed by atoms with Crippen LogP contribution in [0.25, 0.3) is 6.08 Å². The lowest BCUT2D eigenvalue weighted by Crippen LogP contribution is -2.66. The van der Waals surface area contributed by atoms with Crippen molar-refractivity contribution in [3.8, 4) is 17.2 Å². The molecule has 4 aromatic rings. The Bertz CT molecular complexity index is 1590. The molecule has 1 aliphatic rings. The van der Waals surface area contributed by atoms with Crippen LogP contribution in [0, 0.1) is 0 Å². The molecule has 11 heteroatoms. The van der Waals surface area contributed by atoms with Crippen LogP contribution in [0.4, 0.5) is 0 Å². The number of carbonyl (C=O) groups is 3. The number of nitrogens with zero attached hydrogens (tertiary/aromatic N) is 2. The zero-order valence-corrected chi connectivity index (χ0v) is 24.2. The first-order valence-corrected chi connectivity index (χ1v) is 14.3. The molecule has 11 nitrogen and oxygen atoms in total. The number of rotatable bonds is 12. The van der Waals surface area contributed by atoms with Gasteiger partial charge in [-0.05, 0) is 60.5 Å². The summed E-state index contributed by atoms with van der Waals surface area (Å²) >= 11 is 0. The van der Waals surface area contributed by atoms with Gasteiger partial charge in [-0.3, -0.25) is 14.4 Å². The van der Waals surface area contributed by atoms with Crippen LogP contribution in [0.2, 0.25) is 0 Å². The molecule has 0 aliphatic carbocycles. The maximum Gasteiger partial charge on any atom is 0.267 e. The lowest BCUT2D eigenvalue weighted by molar-refractivity contribution is -0.150. The number of ether oxygens (including phenoxy) is 2. The van der Waals surface area contributed by atoms with Crippen LogP contribution in [0.3, 0.4) is 0 Å². The number of nitrogens with one attached hydrogen (secondary N) is 3. The number of para-hydroxylation sites is 1. The van der Waals surface area contributed by atoms with E-state index in [1.807, 2.05) is 85.8 Å². The molecule has 2 atom stereocenters. The molecular weight excluding hydrogens is 560 g/mol. The number of H-pyrrole nitrogens is 1. The highest BCUT2D eigenvalue weighted by Gasteiger charge is 2.40. The summed E-state index contributed by atoms with van der Waals surface area (Å²) in [5, 5.41) is 5.54. The number of hydrogen-bond acceptors (Lipinski definition) is 7. The van der Waals surface area contributed by atoms with Crippen molar-refractivity contribution < 1.29 is 23.9 Å². The fraction of sp³-hybridized carbons (Fsp3) is 0.212. The van der Waals surface area contributed by atoms with Crippen molar-refractivity contribution in [2.75, 3.05) is 13.2 Å². The van der Waals surface area contributed by atoms with Gasteiger partial charge in [-0.2, -0.15) is 0 Å². The molecule has 1 aromatic heterocycles. The molecule has 226 valence electrons. The second-order valence-electron chi connectivity index (χ2n) is 10.2. The largest absolute Gasteiger partial charge is 0.494 e. The van der Waals surface area contributed by atoms with Gasteiger partial charge in [-0.15, -0.1) is 0 Å². The molecule has 5 N–H and O–H groups in total. The van der Waals surface area contributed by atoms with Crippen molar-refractivity contribution in [1.29, 1.82) is 0 Å². The Hall–Kier alpha value is -5.58. The molecule has 2 heterocycles. The highest BCUT2D eigenvalue weighted by molar-refractivity contribution is 5.99. The van der Waals surface area contributed by atoms with Gasteiger partial charge in [0.15, 0.2) is 0 Å². The Morgan fingerprint density at radius 2 is 1.66 bits per heavy atom. The van der Waals surface area contributed by atoms with Crippen LogP contribution >= 0.6 is 0 Å². The summed E-state index contributed by atoms with van der Waals surface area (Å²) in [7, 11) is 0. The van der Waals surface area contributed by atoms with Gasteiger partial charge in [0.1, 0.15) is 29.3 Å². The Morgan fingerprint density at radius 1 is 0.977 bits per heavy atom. The fourth-order valence-corrected chi connectivity index (χ4v) is 4.83.